The van der Waals surface area contributed by atoms with Crippen LogP contribution in [0, 0.1) is 0 Å². The van der Waals surface area contributed by atoms with Crippen molar-refractivity contribution in [2.75, 3.05) is 32.7 Å². The Morgan fingerprint density at radius 2 is 1.60 bits per heavy atom. The molecule has 25 heavy (non-hydrogen) atoms. The largest absolute Gasteiger partial charge is 0.338 e. The van der Waals surface area contributed by atoms with Gasteiger partial charge in [-0.05, 0) is 26.0 Å². The maximum absolute atomic E-state index is 12.8. The van der Waals surface area contributed by atoms with Gasteiger partial charge in [-0.15, -0.1) is 0 Å². The highest BCUT2D eigenvalue weighted by atomic mass is 16.2. The lowest BCUT2D eigenvalue weighted by Gasteiger charge is -2.37. The predicted octanol–water partition coefficient (Wildman–Crippen LogP) is 1.39. The lowest BCUT2D eigenvalue weighted by atomic mass is 10.1. The van der Waals surface area contributed by atoms with Gasteiger partial charge >= 0.3 is 0 Å². The molecule has 1 atom stereocenters. The molecule has 3 amide bonds. The monoisotopic (exact) mass is 341 g/mol. The number of benzene rings is 1. The van der Waals surface area contributed by atoms with Crippen LogP contribution in [0.15, 0.2) is 36.4 Å². The highest BCUT2D eigenvalue weighted by molar-refractivity contribution is 6.22. The number of hydrogen-bond donors (Lipinski definition) is 0. The van der Waals surface area contributed by atoms with Gasteiger partial charge < -0.3 is 4.90 Å². The second kappa shape index (κ2) is 6.80. The SMILES string of the molecule is C=C(C)CN1CCN(C(=O)[C@H](C)N2C(=O)c3ccccc3C2=O)CC1. The van der Waals surface area contributed by atoms with Crippen LogP contribution in [0.5, 0.6) is 0 Å². The summed E-state index contributed by atoms with van der Waals surface area (Å²) in [5.74, 6) is -0.950. The summed E-state index contributed by atoms with van der Waals surface area (Å²) >= 11 is 0. The second-order valence-electron chi connectivity index (χ2n) is 6.76. The van der Waals surface area contributed by atoms with Gasteiger partial charge in [-0.3, -0.25) is 24.2 Å². The Morgan fingerprint density at radius 1 is 1.08 bits per heavy atom. The number of nitrogens with zero attached hydrogens (tertiary/aromatic N) is 3. The zero-order chi connectivity index (χ0) is 18.1. The molecule has 3 rings (SSSR count). The third kappa shape index (κ3) is 3.22. The lowest BCUT2D eigenvalue weighted by Crippen LogP contribution is -2.55. The summed E-state index contributed by atoms with van der Waals surface area (Å²) in [7, 11) is 0. The molecular weight excluding hydrogens is 318 g/mol. The first-order chi connectivity index (χ1) is 11.9. The van der Waals surface area contributed by atoms with E-state index in [2.05, 4.69) is 11.5 Å². The summed E-state index contributed by atoms with van der Waals surface area (Å²) in [5, 5.41) is 0. The Morgan fingerprint density at radius 3 is 2.08 bits per heavy atom. The minimum absolute atomic E-state index is 0.176. The van der Waals surface area contributed by atoms with E-state index in [1.165, 1.54) is 0 Å². The quantitative estimate of drug-likeness (QED) is 0.613. The standard InChI is InChI=1S/C19H23N3O3/c1-13(2)12-20-8-10-21(11-9-20)17(23)14(3)22-18(24)15-6-4-5-7-16(15)19(22)25/h4-7,14H,1,8-12H2,2-3H3/t14-/m0/s1. The molecule has 1 aromatic rings. The Bertz CT molecular complexity index is 700. The molecule has 0 spiro atoms. The van der Waals surface area contributed by atoms with Gasteiger partial charge in [-0.1, -0.05) is 24.3 Å². The van der Waals surface area contributed by atoms with Gasteiger partial charge in [0.1, 0.15) is 6.04 Å². The molecule has 1 saturated heterocycles. The first kappa shape index (κ1) is 17.4. The number of imide groups is 1. The fourth-order valence-electron chi connectivity index (χ4n) is 3.44. The van der Waals surface area contributed by atoms with Crippen LogP contribution in [-0.2, 0) is 4.79 Å². The topological polar surface area (TPSA) is 60.9 Å². The van der Waals surface area contributed by atoms with Crippen molar-refractivity contribution >= 4 is 17.7 Å². The minimum Gasteiger partial charge on any atom is -0.338 e. The van der Waals surface area contributed by atoms with E-state index in [4.69, 9.17) is 0 Å². The number of fused-ring (bicyclic) bond motifs is 1. The smallest absolute Gasteiger partial charge is 0.262 e. The molecule has 2 aliphatic heterocycles. The van der Waals surface area contributed by atoms with Gasteiger partial charge in [-0.2, -0.15) is 0 Å². The van der Waals surface area contributed by atoms with E-state index < -0.39 is 6.04 Å². The summed E-state index contributed by atoms with van der Waals surface area (Å²) in [6.45, 7) is 11.1. The number of hydrogen-bond acceptors (Lipinski definition) is 4. The van der Waals surface area contributed by atoms with Gasteiger partial charge in [0, 0.05) is 32.7 Å². The first-order valence-electron chi connectivity index (χ1n) is 8.52. The first-order valence-corrected chi connectivity index (χ1v) is 8.52. The van der Waals surface area contributed by atoms with Crippen LogP contribution < -0.4 is 0 Å². The zero-order valence-electron chi connectivity index (χ0n) is 14.7. The highest BCUT2D eigenvalue weighted by Crippen LogP contribution is 2.25. The van der Waals surface area contributed by atoms with E-state index in [0.29, 0.717) is 24.2 Å². The Hall–Kier alpha value is -2.47. The van der Waals surface area contributed by atoms with Crippen LogP contribution in [-0.4, -0.2) is 71.2 Å². The fourth-order valence-corrected chi connectivity index (χ4v) is 3.44. The zero-order valence-corrected chi connectivity index (χ0v) is 14.7. The average Bonchev–Trinajstić information content (AvgIpc) is 2.85. The number of carbonyl (C=O) groups is 3. The molecule has 132 valence electrons. The fraction of sp³-hybridized carbons (Fsp3) is 0.421. The summed E-state index contributed by atoms with van der Waals surface area (Å²) in [5.41, 5.74) is 1.84. The van der Waals surface area contributed by atoms with Crippen molar-refractivity contribution in [3.8, 4) is 0 Å². The molecular formula is C19H23N3O3. The third-order valence-corrected chi connectivity index (χ3v) is 4.75. The third-order valence-electron chi connectivity index (χ3n) is 4.75. The summed E-state index contributed by atoms with van der Waals surface area (Å²) in [6.07, 6.45) is 0. The van der Waals surface area contributed by atoms with Crippen molar-refractivity contribution in [2.45, 2.75) is 19.9 Å². The highest BCUT2D eigenvalue weighted by Gasteiger charge is 2.41. The van der Waals surface area contributed by atoms with Crippen molar-refractivity contribution in [3.63, 3.8) is 0 Å². The van der Waals surface area contributed by atoms with E-state index in [-0.39, 0.29) is 17.7 Å². The van der Waals surface area contributed by atoms with Crippen molar-refractivity contribution in [3.05, 3.63) is 47.5 Å². The van der Waals surface area contributed by atoms with Gasteiger partial charge in [0.25, 0.3) is 11.8 Å². The van der Waals surface area contributed by atoms with E-state index in [1.807, 2.05) is 6.92 Å². The lowest BCUT2D eigenvalue weighted by molar-refractivity contribution is -0.136. The second-order valence-corrected chi connectivity index (χ2v) is 6.76. The summed E-state index contributed by atoms with van der Waals surface area (Å²) in [4.78, 5) is 42.9. The molecule has 0 bridgehead atoms. The van der Waals surface area contributed by atoms with Gasteiger partial charge in [0.05, 0.1) is 11.1 Å². The Labute approximate surface area is 147 Å². The molecule has 1 fully saturated rings. The predicted molar refractivity (Wildman–Crippen MR) is 94.2 cm³/mol. The normalized spacial score (nSPS) is 19.1. The molecule has 2 aliphatic rings. The number of piperazine rings is 1. The summed E-state index contributed by atoms with van der Waals surface area (Å²) in [6, 6.07) is 5.91. The minimum atomic E-state index is -0.792. The molecule has 0 unspecified atom stereocenters. The van der Waals surface area contributed by atoms with Crippen molar-refractivity contribution in [1.82, 2.24) is 14.7 Å². The Balaban J connectivity index is 1.67. The van der Waals surface area contributed by atoms with Crippen LogP contribution in [0.4, 0.5) is 0 Å². The van der Waals surface area contributed by atoms with E-state index in [0.717, 1.165) is 30.1 Å². The van der Waals surface area contributed by atoms with E-state index >= 15 is 0 Å². The molecule has 0 radical (unpaired) electrons. The van der Waals surface area contributed by atoms with E-state index in [1.54, 1.807) is 36.1 Å². The van der Waals surface area contributed by atoms with E-state index in [9.17, 15) is 14.4 Å². The molecule has 0 aromatic heterocycles. The summed E-state index contributed by atoms with van der Waals surface area (Å²) < 4.78 is 0. The van der Waals surface area contributed by atoms with Crippen LogP contribution in [0.3, 0.4) is 0 Å². The maximum Gasteiger partial charge on any atom is 0.262 e. The molecule has 0 saturated carbocycles. The van der Waals surface area contributed by atoms with Crippen LogP contribution in [0.2, 0.25) is 0 Å². The van der Waals surface area contributed by atoms with Gasteiger partial charge in [-0.25, -0.2) is 0 Å². The van der Waals surface area contributed by atoms with Crippen LogP contribution in [0.1, 0.15) is 34.6 Å². The molecule has 2 heterocycles. The molecule has 1 aromatic carbocycles. The van der Waals surface area contributed by atoms with Gasteiger partial charge in [0.2, 0.25) is 5.91 Å². The van der Waals surface area contributed by atoms with Crippen molar-refractivity contribution in [2.24, 2.45) is 0 Å². The number of rotatable bonds is 4. The number of amides is 3. The van der Waals surface area contributed by atoms with Gasteiger partial charge in [0.15, 0.2) is 0 Å². The molecule has 0 N–H and O–H groups in total. The maximum atomic E-state index is 12.8. The molecule has 0 aliphatic carbocycles. The van der Waals surface area contributed by atoms with Crippen LogP contribution >= 0.6 is 0 Å². The Kier molecular flexibility index (Phi) is 4.72. The average molecular weight is 341 g/mol. The number of carbonyl (C=O) groups excluding carboxylic acids is 3. The van der Waals surface area contributed by atoms with Crippen LogP contribution in [0.25, 0.3) is 0 Å². The van der Waals surface area contributed by atoms with Crippen molar-refractivity contribution in [1.29, 1.82) is 0 Å². The molecule has 6 heteroatoms. The van der Waals surface area contributed by atoms with Crippen molar-refractivity contribution < 1.29 is 14.4 Å². The molecule has 6 nitrogen and oxygen atoms in total.